The van der Waals surface area contributed by atoms with Crippen LogP contribution in [0.4, 0.5) is 0 Å². The highest BCUT2D eigenvalue weighted by Gasteiger charge is 2.31. The van der Waals surface area contributed by atoms with E-state index >= 15 is 0 Å². The molecule has 0 aromatic heterocycles. The van der Waals surface area contributed by atoms with Crippen molar-refractivity contribution in [2.45, 2.75) is 117 Å². The SMILES string of the molecule is CC(C)OC(C)(OC(C)C)[SiH2]CC[SiH2]C(C)(OC(C)C)OC(C)C. The van der Waals surface area contributed by atoms with Crippen molar-refractivity contribution in [3.05, 3.63) is 0 Å². The van der Waals surface area contributed by atoms with Gasteiger partial charge in [0.25, 0.3) is 0 Å². The molecule has 0 amide bonds. The first-order valence-electron chi connectivity index (χ1n) is 9.59. The summed E-state index contributed by atoms with van der Waals surface area (Å²) in [6.07, 6.45) is 0.768. The van der Waals surface area contributed by atoms with E-state index in [0.717, 1.165) is 0 Å². The van der Waals surface area contributed by atoms with Gasteiger partial charge in [-0.1, -0.05) is 12.1 Å². The van der Waals surface area contributed by atoms with Crippen molar-refractivity contribution in [3.63, 3.8) is 0 Å². The molecule has 4 nitrogen and oxygen atoms in total. The molecule has 24 heavy (non-hydrogen) atoms. The minimum absolute atomic E-state index is 0.192. The highest BCUT2D eigenvalue weighted by molar-refractivity contribution is 6.45. The molecule has 0 saturated heterocycles. The molecule has 0 aliphatic rings. The van der Waals surface area contributed by atoms with Crippen LogP contribution in [-0.4, -0.2) is 54.3 Å². The van der Waals surface area contributed by atoms with Crippen molar-refractivity contribution in [1.29, 1.82) is 0 Å². The Bertz CT molecular complexity index is 281. The molecule has 6 heteroatoms. The lowest BCUT2D eigenvalue weighted by atomic mass is 10.4. The van der Waals surface area contributed by atoms with Gasteiger partial charge in [0.05, 0.1) is 43.5 Å². The van der Waals surface area contributed by atoms with Crippen molar-refractivity contribution >= 4 is 19.0 Å². The Hall–Kier alpha value is 0.274. The van der Waals surface area contributed by atoms with Crippen molar-refractivity contribution in [1.82, 2.24) is 0 Å². The lowest BCUT2D eigenvalue weighted by Gasteiger charge is -2.35. The van der Waals surface area contributed by atoms with E-state index < -0.39 is 19.0 Å². The molecular formula is C18H42O4Si2. The molecule has 0 saturated carbocycles. The van der Waals surface area contributed by atoms with Gasteiger partial charge in [0, 0.05) is 0 Å². The van der Waals surface area contributed by atoms with E-state index in [-0.39, 0.29) is 35.2 Å². The van der Waals surface area contributed by atoms with Gasteiger partial charge in [-0.2, -0.15) is 0 Å². The highest BCUT2D eigenvalue weighted by Crippen LogP contribution is 2.21. The molecule has 0 fully saturated rings. The first-order valence-corrected chi connectivity index (χ1v) is 13.0. The third-order valence-electron chi connectivity index (χ3n) is 3.45. The summed E-state index contributed by atoms with van der Waals surface area (Å²) in [6.45, 7) is 20.9. The summed E-state index contributed by atoms with van der Waals surface area (Å²) in [5.74, 6) is 0. The molecule has 0 aliphatic carbocycles. The molecule has 0 atom stereocenters. The molecule has 0 aliphatic heterocycles. The highest BCUT2D eigenvalue weighted by atomic mass is 28.2. The minimum Gasteiger partial charge on any atom is -0.352 e. The lowest BCUT2D eigenvalue weighted by Crippen LogP contribution is -2.45. The Morgan fingerprint density at radius 3 is 0.917 bits per heavy atom. The second kappa shape index (κ2) is 11.1. The van der Waals surface area contributed by atoms with Crippen LogP contribution >= 0.6 is 0 Å². The maximum absolute atomic E-state index is 6.10. The number of ether oxygens (including phenoxy) is 4. The van der Waals surface area contributed by atoms with Gasteiger partial charge in [0.15, 0.2) is 0 Å². The maximum Gasteiger partial charge on any atom is 0.142 e. The Balaban J connectivity index is 4.56. The molecule has 0 heterocycles. The van der Waals surface area contributed by atoms with Crippen molar-refractivity contribution in [2.75, 3.05) is 0 Å². The van der Waals surface area contributed by atoms with Gasteiger partial charge in [-0.3, -0.25) is 0 Å². The fourth-order valence-corrected chi connectivity index (χ4v) is 8.27. The number of hydrogen-bond donors (Lipinski definition) is 0. The summed E-state index contributed by atoms with van der Waals surface area (Å²) in [5, 5.41) is 0. The van der Waals surface area contributed by atoms with E-state index in [1.165, 1.54) is 12.1 Å². The van der Waals surface area contributed by atoms with Crippen LogP contribution in [0.3, 0.4) is 0 Å². The summed E-state index contributed by atoms with van der Waals surface area (Å²) in [7, 11) is -1.00. The van der Waals surface area contributed by atoms with Crippen molar-refractivity contribution in [2.24, 2.45) is 0 Å². The third-order valence-corrected chi connectivity index (χ3v) is 8.64. The average Bonchev–Trinajstić information content (AvgIpc) is 2.30. The van der Waals surface area contributed by atoms with Gasteiger partial charge >= 0.3 is 0 Å². The minimum atomic E-state index is -0.501. The summed E-state index contributed by atoms with van der Waals surface area (Å²) in [4.78, 5) is 0. The number of hydrogen-bond acceptors (Lipinski definition) is 4. The van der Waals surface area contributed by atoms with Crippen LogP contribution in [0.25, 0.3) is 0 Å². The normalized spacial score (nSPS) is 14.8. The van der Waals surface area contributed by atoms with E-state index in [1.54, 1.807) is 0 Å². The van der Waals surface area contributed by atoms with Gasteiger partial charge in [0.1, 0.15) is 10.8 Å². The summed E-state index contributed by atoms with van der Waals surface area (Å²) in [6, 6.07) is 2.42. The van der Waals surface area contributed by atoms with E-state index in [1.807, 2.05) is 0 Å². The Kier molecular flexibility index (Phi) is 11.2. The van der Waals surface area contributed by atoms with E-state index in [0.29, 0.717) is 0 Å². The lowest BCUT2D eigenvalue weighted by molar-refractivity contribution is -0.207. The smallest absolute Gasteiger partial charge is 0.142 e. The molecule has 0 spiro atoms. The van der Waals surface area contributed by atoms with Crippen LogP contribution in [0.5, 0.6) is 0 Å². The topological polar surface area (TPSA) is 36.9 Å². The molecule has 0 aromatic carbocycles. The molecule has 0 aromatic rings. The Morgan fingerprint density at radius 2 is 0.750 bits per heavy atom. The summed E-state index contributed by atoms with van der Waals surface area (Å²) >= 11 is 0. The molecule has 0 rings (SSSR count). The largest absolute Gasteiger partial charge is 0.352 e. The second-order valence-corrected chi connectivity index (χ2v) is 13.1. The first kappa shape index (κ1) is 24.3. The zero-order valence-corrected chi connectivity index (χ0v) is 20.6. The fourth-order valence-electron chi connectivity index (χ4n) is 3.18. The molecule has 0 bridgehead atoms. The molecule has 0 unspecified atom stereocenters. The van der Waals surface area contributed by atoms with Crippen LogP contribution in [0.1, 0.15) is 69.2 Å². The molecule has 146 valence electrons. The van der Waals surface area contributed by atoms with Crippen LogP contribution in [0.2, 0.25) is 12.1 Å². The van der Waals surface area contributed by atoms with Gasteiger partial charge in [-0.05, 0) is 69.2 Å². The predicted octanol–water partition coefficient (Wildman–Crippen LogP) is 3.21. The van der Waals surface area contributed by atoms with Crippen molar-refractivity contribution < 1.29 is 18.9 Å². The van der Waals surface area contributed by atoms with Crippen LogP contribution < -0.4 is 0 Å². The zero-order valence-electron chi connectivity index (χ0n) is 17.8. The van der Waals surface area contributed by atoms with Gasteiger partial charge in [-0.25, -0.2) is 0 Å². The van der Waals surface area contributed by atoms with E-state index in [2.05, 4.69) is 69.2 Å². The fraction of sp³-hybridized carbons (Fsp3) is 1.00. The molecule has 0 radical (unpaired) electrons. The average molecular weight is 379 g/mol. The monoisotopic (exact) mass is 378 g/mol. The Morgan fingerprint density at radius 1 is 0.542 bits per heavy atom. The predicted molar refractivity (Wildman–Crippen MR) is 108 cm³/mol. The third kappa shape index (κ3) is 11.8. The van der Waals surface area contributed by atoms with Crippen molar-refractivity contribution in [3.8, 4) is 0 Å². The zero-order chi connectivity index (χ0) is 19.0. The summed E-state index contributed by atoms with van der Waals surface area (Å²) in [5.41, 5.74) is -0.740. The first-order chi connectivity index (χ1) is 10.9. The maximum atomic E-state index is 6.10. The van der Waals surface area contributed by atoms with Crippen LogP contribution in [0.15, 0.2) is 0 Å². The molecular weight excluding hydrogens is 336 g/mol. The quantitative estimate of drug-likeness (QED) is 0.280. The Labute approximate surface area is 155 Å². The standard InChI is InChI=1S/C18H42O4Si2/c1-13(2)19-17(9,20-14(3)4)23-11-12-24-18(10,21-15(5)6)22-16(7)8/h13-16H,11-12,23-24H2,1-10H3. The molecule has 0 N–H and O–H groups in total. The van der Waals surface area contributed by atoms with Crippen LogP contribution in [0, 0.1) is 0 Å². The van der Waals surface area contributed by atoms with E-state index in [9.17, 15) is 0 Å². The van der Waals surface area contributed by atoms with Gasteiger partial charge < -0.3 is 18.9 Å². The van der Waals surface area contributed by atoms with Gasteiger partial charge in [0.2, 0.25) is 0 Å². The van der Waals surface area contributed by atoms with Crippen LogP contribution in [-0.2, 0) is 18.9 Å². The van der Waals surface area contributed by atoms with Gasteiger partial charge in [-0.15, -0.1) is 0 Å². The second-order valence-electron chi connectivity index (χ2n) is 8.14. The van der Waals surface area contributed by atoms with E-state index in [4.69, 9.17) is 18.9 Å². The summed E-state index contributed by atoms with van der Waals surface area (Å²) < 4.78 is 24.4. The number of rotatable bonds is 13.